The van der Waals surface area contributed by atoms with E-state index in [1.165, 1.54) is 18.2 Å². The third kappa shape index (κ3) is 4.54. The number of hydrogen-bond donors (Lipinski definition) is 2. The summed E-state index contributed by atoms with van der Waals surface area (Å²) >= 11 is 5.92. The van der Waals surface area contributed by atoms with Gasteiger partial charge in [-0.1, -0.05) is 11.6 Å². The number of carbonyl (C=O) groups is 2. The van der Waals surface area contributed by atoms with Crippen molar-refractivity contribution in [3.05, 3.63) is 28.8 Å². The molecule has 0 fully saturated rings. The average Bonchev–Trinajstić information content (AvgIpc) is 2.31. The summed E-state index contributed by atoms with van der Waals surface area (Å²) in [6, 6.07) is 4.43. The van der Waals surface area contributed by atoms with E-state index in [1.54, 1.807) is 0 Å². The number of carbonyl (C=O) groups excluding carboxylic acids is 1. The number of halogens is 1. The van der Waals surface area contributed by atoms with E-state index in [2.05, 4.69) is 5.32 Å². The summed E-state index contributed by atoms with van der Waals surface area (Å²) in [6.07, 6.45) is 0. The maximum absolute atomic E-state index is 11.8. The highest BCUT2D eigenvalue weighted by Gasteiger charge is 2.12. The minimum absolute atomic E-state index is 0.0805. The van der Waals surface area contributed by atoms with Crippen molar-refractivity contribution in [2.75, 3.05) is 18.9 Å². The molecule has 1 aromatic carbocycles. The lowest BCUT2D eigenvalue weighted by Gasteiger charge is -2.20. The summed E-state index contributed by atoms with van der Waals surface area (Å²) in [7, 11) is 1.83. The molecule has 0 spiro atoms. The Morgan fingerprint density at radius 3 is 2.58 bits per heavy atom. The molecule has 2 N–H and O–H groups in total. The summed E-state index contributed by atoms with van der Waals surface area (Å²) < 4.78 is 0. The normalized spacial score (nSPS) is 10.8. The first-order valence-corrected chi connectivity index (χ1v) is 6.22. The summed E-state index contributed by atoms with van der Waals surface area (Å²) in [5, 5.41) is 11.8. The van der Waals surface area contributed by atoms with Crippen LogP contribution in [0.25, 0.3) is 0 Å². The first-order valence-electron chi connectivity index (χ1n) is 5.84. The molecule has 0 aliphatic heterocycles. The lowest BCUT2D eigenvalue weighted by molar-refractivity contribution is -0.117. The lowest BCUT2D eigenvalue weighted by atomic mass is 10.2. The van der Waals surface area contributed by atoms with Crippen molar-refractivity contribution in [3.63, 3.8) is 0 Å². The van der Waals surface area contributed by atoms with E-state index in [-0.39, 0.29) is 24.1 Å². The van der Waals surface area contributed by atoms with Crippen LogP contribution in [-0.4, -0.2) is 41.5 Å². The summed E-state index contributed by atoms with van der Waals surface area (Å²) in [6.45, 7) is 4.17. The number of rotatable bonds is 5. The molecule has 1 amide bonds. The first kappa shape index (κ1) is 15.5. The molecule has 6 heteroatoms. The molecule has 0 aliphatic rings. The molecule has 1 rings (SSSR count). The van der Waals surface area contributed by atoms with Crippen molar-refractivity contribution in [2.45, 2.75) is 19.9 Å². The SMILES string of the molecule is CC(C)N(C)CC(=O)Nc1cc(C(=O)O)ccc1Cl. The Balaban J connectivity index is 2.79. The van der Waals surface area contributed by atoms with Crippen molar-refractivity contribution in [1.29, 1.82) is 0 Å². The fourth-order valence-electron chi connectivity index (χ4n) is 1.35. The number of carboxylic acids is 1. The van der Waals surface area contributed by atoms with Crippen molar-refractivity contribution in [3.8, 4) is 0 Å². The predicted octanol–water partition coefficient (Wildman–Crippen LogP) is 2.32. The summed E-state index contributed by atoms with van der Waals surface area (Å²) in [5.41, 5.74) is 0.389. The van der Waals surface area contributed by atoms with E-state index in [0.29, 0.717) is 10.7 Å². The number of hydrogen-bond acceptors (Lipinski definition) is 3. The van der Waals surface area contributed by atoms with Crippen LogP contribution in [0.15, 0.2) is 18.2 Å². The quantitative estimate of drug-likeness (QED) is 0.870. The molecular weight excluding hydrogens is 268 g/mol. The Labute approximate surface area is 117 Å². The molecular formula is C13H17ClN2O3. The van der Waals surface area contributed by atoms with Gasteiger partial charge in [-0.15, -0.1) is 0 Å². The maximum Gasteiger partial charge on any atom is 0.335 e. The smallest absolute Gasteiger partial charge is 0.335 e. The summed E-state index contributed by atoms with van der Waals surface area (Å²) in [4.78, 5) is 24.5. The second-order valence-electron chi connectivity index (χ2n) is 4.56. The van der Waals surface area contributed by atoms with Crippen molar-refractivity contribution in [1.82, 2.24) is 4.90 Å². The fourth-order valence-corrected chi connectivity index (χ4v) is 1.52. The Kier molecular flexibility index (Phi) is 5.32. The van der Waals surface area contributed by atoms with Crippen LogP contribution in [0, 0.1) is 0 Å². The number of carboxylic acid groups (broad SMARTS) is 1. The zero-order valence-electron chi connectivity index (χ0n) is 11.1. The molecule has 0 unspecified atom stereocenters. The highest BCUT2D eigenvalue weighted by Crippen LogP contribution is 2.23. The van der Waals surface area contributed by atoms with Crippen LogP contribution in [0.3, 0.4) is 0 Å². The van der Waals surface area contributed by atoms with Crippen LogP contribution in [0.1, 0.15) is 24.2 Å². The first-order chi connectivity index (χ1) is 8.81. The van der Waals surface area contributed by atoms with E-state index in [1.807, 2.05) is 25.8 Å². The zero-order valence-corrected chi connectivity index (χ0v) is 11.9. The van der Waals surface area contributed by atoms with Crippen LogP contribution in [0.2, 0.25) is 5.02 Å². The fraction of sp³-hybridized carbons (Fsp3) is 0.385. The highest BCUT2D eigenvalue weighted by atomic mass is 35.5. The van der Waals surface area contributed by atoms with Crippen LogP contribution in [0.5, 0.6) is 0 Å². The van der Waals surface area contributed by atoms with E-state index in [0.717, 1.165) is 0 Å². The van der Waals surface area contributed by atoms with Gasteiger partial charge in [0.2, 0.25) is 5.91 Å². The third-order valence-corrected chi connectivity index (χ3v) is 3.09. The molecule has 0 radical (unpaired) electrons. The summed E-state index contributed by atoms with van der Waals surface area (Å²) in [5.74, 6) is -1.30. The average molecular weight is 285 g/mol. The second kappa shape index (κ2) is 6.54. The zero-order chi connectivity index (χ0) is 14.6. The Morgan fingerprint density at radius 2 is 2.05 bits per heavy atom. The molecule has 0 saturated carbocycles. The Hall–Kier alpha value is -1.59. The van der Waals surface area contributed by atoms with E-state index < -0.39 is 5.97 Å². The molecule has 104 valence electrons. The highest BCUT2D eigenvalue weighted by molar-refractivity contribution is 6.33. The molecule has 19 heavy (non-hydrogen) atoms. The van der Waals surface area contributed by atoms with Gasteiger partial charge < -0.3 is 10.4 Å². The van der Waals surface area contributed by atoms with Gasteiger partial charge >= 0.3 is 5.97 Å². The van der Waals surface area contributed by atoms with Gasteiger partial charge in [0.05, 0.1) is 22.8 Å². The minimum Gasteiger partial charge on any atom is -0.478 e. The van der Waals surface area contributed by atoms with Crippen LogP contribution in [0.4, 0.5) is 5.69 Å². The van der Waals surface area contributed by atoms with Crippen LogP contribution >= 0.6 is 11.6 Å². The van der Waals surface area contributed by atoms with Gasteiger partial charge in [-0.25, -0.2) is 4.79 Å². The van der Waals surface area contributed by atoms with Crippen molar-refractivity contribution in [2.24, 2.45) is 0 Å². The molecule has 5 nitrogen and oxygen atoms in total. The van der Waals surface area contributed by atoms with Crippen molar-refractivity contribution < 1.29 is 14.7 Å². The number of amides is 1. The third-order valence-electron chi connectivity index (χ3n) is 2.76. The molecule has 0 atom stereocenters. The van der Waals surface area contributed by atoms with Crippen molar-refractivity contribution >= 4 is 29.2 Å². The molecule has 0 saturated heterocycles. The number of nitrogens with one attached hydrogen (secondary N) is 1. The Morgan fingerprint density at radius 1 is 1.42 bits per heavy atom. The minimum atomic E-state index is -1.06. The van der Waals surface area contributed by atoms with Gasteiger partial charge in [-0.2, -0.15) is 0 Å². The molecule has 0 heterocycles. The standard InChI is InChI=1S/C13H17ClN2O3/c1-8(2)16(3)7-12(17)15-11-6-9(13(18)19)4-5-10(11)14/h4-6,8H,7H2,1-3H3,(H,15,17)(H,18,19). The monoisotopic (exact) mass is 284 g/mol. The van der Waals surface area contributed by atoms with Crippen LogP contribution < -0.4 is 5.32 Å². The molecule has 0 aromatic heterocycles. The number of aromatic carboxylic acids is 1. The van der Waals surface area contributed by atoms with Gasteiger partial charge in [0.1, 0.15) is 0 Å². The maximum atomic E-state index is 11.8. The van der Waals surface area contributed by atoms with Gasteiger partial charge in [-0.05, 0) is 39.1 Å². The predicted molar refractivity (Wildman–Crippen MR) is 74.8 cm³/mol. The Bertz CT molecular complexity index is 489. The number of likely N-dealkylation sites (N-methyl/N-ethyl adjacent to an activating group) is 1. The van der Waals surface area contributed by atoms with Gasteiger partial charge in [0, 0.05) is 6.04 Å². The van der Waals surface area contributed by atoms with E-state index in [4.69, 9.17) is 16.7 Å². The second-order valence-corrected chi connectivity index (χ2v) is 4.96. The van der Waals surface area contributed by atoms with Gasteiger partial charge in [0.15, 0.2) is 0 Å². The van der Waals surface area contributed by atoms with E-state index >= 15 is 0 Å². The van der Waals surface area contributed by atoms with Gasteiger partial charge in [-0.3, -0.25) is 9.69 Å². The van der Waals surface area contributed by atoms with E-state index in [9.17, 15) is 9.59 Å². The van der Waals surface area contributed by atoms with Crippen LogP contribution in [-0.2, 0) is 4.79 Å². The number of nitrogens with zero attached hydrogens (tertiary/aromatic N) is 1. The molecule has 0 bridgehead atoms. The lowest BCUT2D eigenvalue weighted by Crippen LogP contribution is -2.34. The van der Waals surface area contributed by atoms with Gasteiger partial charge in [0.25, 0.3) is 0 Å². The number of benzene rings is 1. The number of anilines is 1. The largest absolute Gasteiger partial charge is 0.478 e. The molecule has 1 aromatic rings. The molecule has 0 aliphatic carbocycles. The topological polar surface area (TPSA) is 69.6 Å².